The minimum Gasteiger partial charge on any atom is -0.493 e. The normalized spacial score (nSPS) is 25.8. The van der Waals surface area contributed by atoms with Crippen LogP contribution in [0.2, 0.25) is 0 Å². The zero-order valence-electron chi connectivity index (χ0n) is 9.07. The van der Waals surface area contributed by atoms with Crippen LogP contribution >= 0.6 is 0 Å². The van der Waals surface area contributed by atoms with Gasteiger partial charge in [-0.15, -0.1) is 0 Å². The van der Waals surface area contributed by atoms with Crippen LogP contribution in [0.3, 0.4) is 0 Å². The third-order valence-electron chi connectivity index (χ3n) is 3.09. The van der Waals surface area contributed by atoms with Crippen LogP contribution in [0.15, 0.2) is 36.1 Å². The third-order valence-corrected chi connectivity index (χ3v) is 3.09. The molecule has 3 nitrogen and oxygen atoms in total. The Morgan fingerprint density at radius 2 is 2.31 bits per heavy atom. The van der Waals surface area contributed by atoms with Crippen molar-refractivity contribution in [3.8, 4) is 0 Å². The minimum absolute atomic E-state index is 0.00944. The van der Waals surface area contributed by atoms with Gasteiger partial charge in [0.05, 0.1) is 6.04 Å². The molecule has 82 valence electrons. The van der Waals surface area contributed by atoms with Gasteiger partial charge in [-0.3, -0.25) is 4.79 Å². The van der Waals surface area contributed by atoms with E-state index in [-0.39, 0.29) is 17.9 Å². The van der Waals surface area contributed by atoms with E-state index in [1.807, 2.05) is 18.2 Å². The molecule has 1 heterocycles. The number of rotatable bonds is 3. The van der Waals surface area contributed by atoms with Crippen LogP contribution in [0.4, 0.5) is 0 Å². The number of carbonyl (C=O) groups excluding carboxylic acids is 1. The molecule has 1 aromatic carbocycles. The zero-order chi connectivity index (χ0) is 11.1. The zero-order valence-corrected chi connectivity index (χ0v) is 9.07. The van der Waals surface area contributed by atoms with Crippen molar-refractivity contribution in [3.05, 3.63) is 47.2 Å². The lowest BCUT2D eigenvalue weighted by atomic mass is 9.78. The summed E-state index contributed by atoms with van der Waals surface area (Å²) in [5.41, 5.74) is 2.37. The molecule has 0 saturated carbocycles. The van der Waals surface area contributed by atoms with Crippen LogP contribution in [0.1, 0.15) is 11.1 Å². The molecule has 1 N–H and O–H groups in total. The van der Waals surface area contributed by atoms with Gasteiger partial charge in [0, 0.05) is 0 Å². The van der Waals surface area contributed by atoms with E-state index in [9.17, 15) is 4.79 Å². The molecule has 1 aromatic rings. The van der Waals surface area contributed by atoms with Crippen molar-refractivity contribution in [1.29, 1.82) is 0 Å². The molecule has 3 rings (SSSR count). The molecule has 16 heavy (non-hydrogen) atoms. The Morgan fingerprint density at radius 3 is 3.00 bits per heavy atom. The molecule has 1 aliphatic heterocycles. The average molecular weight is 215 g/mol. The van der Waals surface area contributed by atoms with Crippen molar-refractivity contribution >= 4 is 5.91 Å². The van der Waals surface area contributed by atoms with Gasteiger partial charge in [0.15, 0.2) is 0 Å². The predicted octanol–water partition coefficient (Wildman–Crippen LogP) is 1.52. The SMILES string of the molecule is Cc1cccc(COC2=C[C@@H]3NC(=O)[C@H]23)c1. The Balaban J connectivity index is 1.62. The second kappa shape index (κ2) is 3.37. The maximum absolute atomic E-state index is 11.1. The quantitative estimate of drug-likeness (QED) is 0.776. The summed E-state index contributed by atoms with van der Waals surface area (Å²) in [6.45, 7) is 2.60. The summed E-state index contributed by atoms with van der Waals surface area (Å²) in [5, 5.41) is 2.78. The van der Waals surface area contributed by atoms with E-state index in [0.717, 1.165) is 11.3 Å². The standard InChI is InChI=1S/C13H13NO2/c1-8-3-2-4-9(5-8)7-16-11-6-10-12(11)13(15)14-10/h2-6,10,12H,7H2,1H3,(H,14,15)/t10-,12-/m0/s1. The molecule has 1 saturated heterocycles. The Hall–Kier alpha value is -1.77. The highest BCUT2D eigenvalue weighted by molar-refractivity contribution is 5.91. The van der Waals surface area contributed by atoms with Gasteiger partial charge in [-0.25, -0.2) is 0 Å². The van der Waals surface area contributed by atoms with Gasteiger partial charge in [0.1, 0.15) is 18.3 Å². The Kier molecular flexibility index (Phi) is 1.99. The van der Waals surface area contributed by atoms with Gasteiger partial charge in [-0.2, -0.15) is 0 Å². The highest BCUT2D eigenvalue weighted by atomic mass is 16.5. The molecule has 2 atom stereocenters. The number of carbonyl (C=O) groups is 1. The number of nitrogens with one attached hydrogen (secondary N) is 1. The number of hydrogen-bond donors (Lipinski definition) is 1. The van der Waals surface area contributed by atoms with Crippen molar-refractivity contribution in [2.45, 2.75) is 19.6 Å². The van der Waals surface area contributed by atoms with Gasteiger partial charge in [-0.1, -0.05) is 29.8 Å². The Bertz CT molecular complexity index is 479. The lowest BCUT2D eigenvalue weighted by Crippen LogP contribution is -2.63. The molecule has 0 radical (unpaired) electrons. The molecule has 1 fully saturated rings. The van der Waals surface area contributed by atoms with E-state index in [0.29, 0.717) is 6.61 Å². The molecule has 0 spiro atoms. The first-order chi connectivity index (χ1) is 7.74. The summed E-state index contributed by atoms with van der Waals surface area (Å²) in [7, 11) is 0. The first-order valence-corrected chi connectivity index (χ1v) is 5.44. The predicted molar refractivity (Wildman–Crippen MR) is 59.5 cm³/mol. The maximum atomic E-state index is 11.1. The number of β-lactam (4-membered cyclic amide) rings is 1. The van der Waals surface area contributed by atoms with E-state index in [1.165, 1.54) is 5.56 Å². The largest absolute Gasteiger partial charge is 0.493 e. The van der Waals surface area contributed by atoms with Crippen molar-refractivity contribution in [3.63, 3.8) is 0 Å². The molecule has 2 aliphatic rings. The van der Waals surface area contributed by atoms with Gasteiger partial charge in [-0.05, 0) is 18.6 Å². The smallest absolute Gasteiger partial charge is 0.233 e. The number of fused-ring (bicyclic) bond motifs is 1. The van der Waals surface area contributed by atoms with Crippen LogP contribution in [-0.2, 0) is 16.1 Å². The number of benzene rings is 1. The maximum Gasteiger partial charge on any atom is 0.233 e. The second-order valence-electron chi connectivity index (χ2n) is 4.36. The molecular formula is C13H13NO2. The van der Waals surface area contributed by atoms with Crippen molar-refractivity contribution in [2.24, 2.45) is 5.92 Å². The van der Waals surface area contributed by atoms with E-state index < -0.39 is 0 Å². The minimum atomic E-state index is -0.00944. The lowest BCUT2D eigenvalue weighted by molar-refractivity contribution is -0.136. The fourth-order valence-corrected chi connectivity index (χ4v) is 2.12. The van der Waals surface area contributed by atoms with Crippen LogP contribution in [0.5, 0.6) is 0 Å². The lowest BCUT2D eigenvalue weighted by Gasteiger charge is -2.43. The summed E-state index contributed by atoms with van der Waals surface area (Å²) >= 11 is 0. The Morgan fingerprint density at radius 1 is 1.44 bits per heavy atom. The molecule has 0 bridgehead atoms. The molecular weight excluding hydrogens is 202 g/mol. The fourth-order valence-electron chi connectivity index (χ4n) is 2.12. The van der Waals surface area contributed by atoms with E-state index in [4.69, 9.17) is 4.74 Å². The number of ether oxygens (including phenoxy) is 1. The summed E-state index contributed by atoms with van der Waals surface area (Å²) in [5.74, 6) is 0.909. The van der Waals surface area contributed by atoms with E-state index in [2.05, 4.69) is 24.4 Å². The van der Waals surface area contributed by atoms with Gasteiger partial charge in [0.25, 0.3) is 0 Å². The molecule has 0 aromatic heterocycles. The number of amides is 1. The van der Waals surface area contributed by atoms with Crippen LogP contribution in [0, 0.1) is 12.8 Å². The molecule has 0 unspecified atom stereocenters. The van der Waals surface area contributed by atoms with Crippen LogP contribution in [0.25, 0.3) is 0 Å². The summed E-state index contributed by atoms with van der Waals surface area (Å²) in [6, 6.07) is 8.44. The van der Waals surface area contributed by atoms with Gasteiger partial charge >= 0.3 is 0 Å². The van der Waals surface area contributed by atoms with Crippen molar-refractivity contribution in [1.82, 2.24) is 5.32 Å². The Labute approximate surface area is 94.1 Å². The van der Waals surface area contributed by atoms with Crippen molar-refractivity contribution < 1.29 is 9.53 Å². The van der Waals surface area contributed by atoms with E-state index >= 15 is 0 Å². The average Bonchev–Trinajstić information content (AvgIpc) is 2.22. The third kappa shape index (κ3) is 1.40. The highest BCUT2D eigenvalue weighted by Gasteiger charge is 2.49. The second-order valence-corrected chi connectivity index (χ2v) is 4.36. The number of aryl methyl sites for hydroxylation is 1. The topological polar surface area (TPSA) is 38.3 Å². The van der Waals surface area contributed by atoms with Crippen LogP contribution in [-0.4, -0.2) is 11.9 Å². The van der Waals surface area contributed by atoms with Gasteiger partial charge < -0.3 is 10.1 Å². The highest BCUT2D eigenvalue weighted by Crippen LogP contribution is 2.35. The number of hydrogen-bond acceptors (Lipinski definition) is 2. The van der Waals surface area contributed by atoms with Crippen molar-refractivity contribution in [2.75, 3.05) is 0 Å². The molecule has 3 heteroatoms. The summed E-state index contributed by atoms with van der Waals surface area (Å²) < 4.78 is 5.62. The van der Waals surface area contributed by atoms with Crippen LogP contribution < -0.4 is 5.32 Å². The first kappa shape index (κ1) is 9.46. The monoisotopic (exact) mass is 215 g/mol. The first-order valence-electron chi connectivity index (χ1n) is 5.44. The summed E-state index contributed by atoms with van der Waals surface area (Å²) in [6.07, 6.45) is 1.97. The fraction of sp³-hybridized carbons (Fsp3) is 0.308. The summed E-state index contributed by atoms with van der Waals surface area (Å²) in [4.78, 5) is 11.1. The molecule has 1 aliphatic carbocycles. The van der Waals surface area contributed by atoms with Gasteiger partial charge in [0.2, 0.25) is 5.91 Å². The van der Waals surface area contributed by atoms with E-state index in [1.54, 1.807) is 0 Å². The molecule has 1 amide bonds.